The molecule has 0 aliphatic carbocycles. The predicted molar refractivity (Wildman–Crippen MR) is 107 cm³/mol. The Bertz CT molecular complexity index is 991. The third-order valence-electron chi connectivity index (χ3n) is 5.57. The van der Waals surface area contributed by atoms with Gasteiger partial charge >= 0.3 is 0 Å². The molecule has 0 N–H and O–H groups in total. The zero-order valence-electron chi connectivity index (χ0n) is 16.3. The van der Waals surface area contributed by atoms with Crippen LogP contribution in [-0.4, -0.2) is 38.4 Å². The molecule has 27 heavy (non-hydrogen) atoms. The lowest BCUT2D eigenvalue weighted by atomic mass is 10.1. The summed E-state index contributed by atoms with van der Waals surface area (Å²) in [6, 6.07) is 9.92. The number of imidazole rings is 1. The smallest absolute Gasteiger partial charge is 0.253 e. The monoisotopic (exact) mass is 362 g/mol. The van der Waals surface area contributed by atoms with E-state index in [2.05, 4.69) is 30.3 Å². The largest absolute Gasteiger partial charge is 0.338 e. The number of benzene rings is 1. The van der Waals surface area contributed by atoms with E-state index in [-0.39, 0.29) is 11.8 Å². The van der Waals surface area contributed by atoms with Crippen molar-refractivity contribution >= 4 is 17.1 Å². The number of nitrogens with zero attached hydrogens (tertiary/aromatic N) is 4. The molecule has 1 aliphatic rings. The van der Waals surface area contributed by atoms with Crippen molar-refractivity contribution in [2.45, 2.75) is 46.1 Å². The second-order valence-electron chi connectivity index (χ2n) is 7.50. The first-order chi connectivity index (χ1) is 13.1. The fourth-order valence-electron chi connectivity index (χ4n) is 3.94. The Morgan fingerprint density at radius 3 is 2.85 bits per heavy atom. The number of carbonyl (C=O) groups is 1. The minimum Gasteiger partial charge on any atom is -0.338 e. The van der Waals surface area contributed by atoms with Gasteiger partial charge in [-0.05, 0) is 62.1 Å². The van der Waals surface area contributed by atoms with Crippen LogP contribution in [0.2, 0.25) is 0 Å². The number of pyridine rings is 1. The molecule has 5 heteroatoms. The van der Waals surface area contributed by atoms with Gasteiger partial charge in [0.15, 0.2) is 5.65 Å². The van der Waals surface area contributed by atoms with Crippen molar-refractivity contribution in [1.29, 1.82) is 0 Å². The summed E-state index contributed by atoms with van der Waals surface area (Å²) in [6.45, 7) is 8.70. The third-order valence-corrected chi connectivity index (χ3v) is 5.57. The number of hydrogen-bond acceptors (Lipinski definition) is 3. The molecule has 5 nitrogen and oxygen atoms in total. The van der Waals surface area contributed by atoms with E-state index in [4.69, 9.17) is 4.98 Å². The molecule has 1 fully saturated rings. The molecule has 1 amide bonds. The van der Waals surface area contributed by atoms with Gasteiger partial charge < -0.3 is 9.47 Å². The minimum atomic E-state index is 0.122. The van der Waals surface area contributed by atoms with Crippen molar-refractivity contribution in [2.24, 2.45) is 0 Å². The first kappa shape index (κ1) is 17.7. The topological polar surface area (TPSA) is 51.0 Å². The minimum absolute atomic E-state index is 0.122. The molecule has 4 rings (SSSR count). The first-order valence-electron chi connectivity index (χ1n) is 9.76. The maximum atomic E-state index is 13.0. The van der Waals surface area contributed by atoms with E-state index in [9.17, 15) is 4.79 Å². The Balaban J connectivity index is 1.59. The van der Waals surface area contributed by atoms with Crippen LogP contribution in [0.1, 0.15) is 53.0 Å². The Labute approximate surface area is 160 Å². The number of aromatic nitrogens is 3. The van der Waals surface area contributed by atoms with Crippen LogP contribution in [-0.2, 0) is 6.54 Å². The van der Waals surface area contributed by atoms with Gasteiger partial charge in [0, 0.05) is 37.3 Å². The fourth-order valence-corrected chi connectivity index (χ4v) is 3.94. The number of carbonyl (C=O) groups excluding carboxylic acids is 1. The van der Waals surface area contributed by atoms with Crippen molar-refractivity contribution < 1.29 is 4.79 Å². The van der Waals surface area contributed by atoms with E-state index in [0.717, 1.165) is 60.6 Å². The number of amides is 1. The molecule has 140 valence electrons. The average Bonchev–Trinajstić information content (AvgIpc) is 3.29. The molecule has 0 bridgehead atoms. The quantitative estimate of drug-likeness (QED) is 0.702. The molecule has 3 aromatic rings. The molecule has 1 unspecified atom stereocenters. The number of likely N-dealkylation sites (tertiary alicyclic amines) is 1. The summed E-state index contributed by atoms with van der Waals surface area (Å²) >= 11 is 0. The lowest BCUT2D eigenvalue weighted by molar-refractivity contribution is 0.0790. The Hall–Kier alpha value is -2.69. The van der Waals surface area contributed by atoms with Crippen LogP contribution in [0.3, 0.4) is 0 Å². The van der Waals surface area contributed by atoms with Crippen LogP contribution in [0.5, 0.6) is 0 Å². The normalized spacial score (nSPS) is 17.0. The SMILES string of the molecule is CCCn1c(C2CCN(C(=O)c3ccc(C)c(C)c3)C2)nc2cccnc21. The van der Waals surface area contributed by atoms with Gasteiger partial charge in [-0.3, -0.25) is 4.79 Å². The van der Waals surface area contributed by atoms with Gasteiger partial charge in [-0.15, -0.1) is 0 Å². The summed E-state index contributed by atoms with van der Waals surface area (Å²) in [5.74, 6) is 1.46. The molecule has 2 aromatic heterocycles. The van der Waals surface area contributed by atoms with Gasteiger partial charge in [0.2, 0.25) is 0 Å². The summed E-state index contributed by atoms with van der Waals surface area (Å²) in [7, 11) is 0. The Morgan fingerprint density at radius 2 is 2.07 bits per heavy atom. The van der Waals surface area contributed by atoms with E-state index in [1.807, 2.05) is 41.4 Å². The maximum Gasteiger partial charge on any atom is 0.253 e. The van der Waals surface area contributed by atoms with E-state index in [1.165, 1.54) is 5.56 Å². The second-order valence-corrected chi connectivity index (χ2v) is 7.50. The highest BCUT2D eigenvalue weighted by Crippen LogP contribution is 2.30. The van der Waals surface area contributed by atoms with Crippen molar-refractivity contribution in [3.8, 4) is 0 Å². The van der Waals surface area contributed by atoms with Gasteiger partial charge in [0.25, 0.3) is 5.91 Å². The van der Waals surface area contributed by atoms with Crippen LogP contribution in [0.4, 0.5) is 0 Å². The summed E-state index contributed by atoms with van der Waals surface area (Å²) in [4.78, 5) is 24.3. The maximum absolute atomic E-state index is 13.0. The van der Waals surface area contributed by atoms with Crippen molar-refractivity contribution in [2.75, 3.05) is 13.1 Å². The van der Waals surface area contributed by atoms with Gasteiger partial charge in [-0.2, -0.15) is 0 Å². The number of aryl methyl sites for hydroxylation is 3. The summed E-state index contributed by atoms with van der Waals surface area (Å²) < 4.78 is 2.24. The van der Waals surface area contributed by atoms with Crippen molar-refractivity contribution in [3.63, 3.8) is 0 Å². The molecule has 1 aromatic carbocycles. The van der Waals surface area contributed by atoms with E-state index in [1.54, 1.807) is 0 Å². The molecule has 1 atom stereocenters. The predicted octanol–water partition coefficient (Wildman–Crippen LogP) is 4.09. The molecule has 0 saturated carbocycles. The summed E-state index contributed by atoms with van der Waals surface area (Å²) in [5, 5.41) is 0. The molecule has 0 spiro atoms. The van der Waals surface area contributed by atoms with Gasteiger partial charge in [-0.25, -0.2) is 9.97 Å². The highest BCUT2D eigenvalue weighted by molar-refractivity contribution is 5.94. The highest BCUT2D eigenvalue weighted by Gasteiger charge is 2.31. The number of rotatable bonds is 4. The summed E-state index contributed by atoms with van der Waals surface area (Å²) in [6.07, 6.45) is 3.81. The van der Waals surface area contributed by atoms with Gasteiger partial charge in [-0.1, -0.05) is 13.0 Å². The molecule has 0 radical (unpaired) electrons. The zero-order valence-corrected chi connectivity index (χ0v) is 16.3. The molecule has 1 aliphatic heterocycles. The average molecular weight is 362 g/mol. The highest BCUT2D eigenvalue weighted by atomic mass is 16.2. The van der Waals surface area contributed by atoms with Crippen LogP contribution in [0, 0.1) is 13.8 Å². The second kappa shape index (κ2) is 7.14. The lowest BCUT2D eigenvalue weighted by Gasteiger charge is -2.18. The van der Waals surface area contributed by atoms with E-state index in [0.29, 0.717) is 0 Å². The Kier molecular flexibility index (Phi) is 4.68. The summed E-state index contributed by atoms with van der Waals surface area (Å²) in [5.41, 5.74) is 5.05. The first-order valence-corrected chi connectivity index (χ1v) is 9.76. The van der Waals surface area contributed by atoms with Crippen LogP contribution in [0.25, 0.3) is 11.2 Å². The van der Waals surface area contributed by atoms with Crippen LogP contribution in [0.15, 0.2) is 36.5 Å². The lowest BCUT2D eigenvalue weighted by Crippen LogP contribution is -2.28. The van der Waals surface area contributed by atoms with E-state index >= 15 is 0 Å². The van der Waals surface area contributed by atoms with Gasteiger partial charge in [0.05, 0.1) is 0 Å². The number of fused-ring (bicyclic) bond motifs is 1. The van der Waals surface area contributed by atoms with Crippen LogP contribution < -0.4 is 0 Å². The van der Waals surface area contributed by atoms with Crippen molar-refractivity contribution in [1.82, 2.24) is 19.4 Å². The van der Waals surface area contributed by atoms with Crippen LogP contribution >= 0.6 is 0 Å². The van der Waals surface area contributed by atoms with E-state index < -0.39 is 0 Å². The molecule has 1 saturated heterocycles. The van der Waals surface area contributed by atoms with Gasteiger partial charge in [0.1, 0.15) is 11.3 Å². The molecular weight excluding hydrogens is 336 g/mol. The molecular formula is C22H26N4O. The zero-order chi connectivity index (χ0) is 19.0. The number of hydrogen-bond donors (Lipinski definition) is 0. The molecule has 3 heterocycles. The third kappa shape index (κ3) is 3.22. The fraction of sp³-hybridized carbons (Fsp3) is 0.409. The van der Waals surface area contributed by atoms with Crippen molar-refractivity contribution in [3.05, 3.63) is 59.0 Å². The Morgan fingerprint density at radius 1 is 1.22 bits per heavy atom. The standard InChI is InChI=1S/C22H26N4O/c1-4-11-26-20(24-19-6-5-10-23-21(19)26)18-9-12-25(14-18)22(27)17-8-7-15(2)16(3)13-17/h5-8,10,13,18H,4,9,11-12,14H2,1-3H3.